The molecule has 1 aromatic carbocycles. The van der Waals surface area contributed by atoms with Gasteiger partial charge < -0.3 is 14.2 Å². The molecule has 4 fully saturated rings. The van der Waals surface area contributed by atoms with E-state index in [0.717, 1.165) is 37.7 Å². The summed E-state index contributed by atoms with van der Waals surface area (Å²) in [5.41, 5.74) is -0.130. The molecule has 3 unspecified atom stereocenters. The standard InChI is InChI=1S/C23H28F2O4/c1-3-16-4-6-19(7-5-16)28-15(2)29-23-11-17-8-18(12-23)10-22(9-17,14-23)21(26)27-13-20(24)25/h3-7,15,17-18,20H,1,8-14H2,2H3. The number of halogens is 2. The van der Waals surface area contributed by atoms with Crippen molar-refractivity contribution >= 4 is 12.0 Å². The highest BCUT2D eigenvalue weighted by Gasteiger charge is 2.62. The van der Waals surface area contributed by atoms with Crippen LogP contribution in [-0.4, -0.2) is 30.9 Å². The summed E-state index contributed by atoms with van der Waals surface area (Å²) in [7, 11) is 0. The van der Waals surface area contributed by atoms with E-state index < -0.39 is 36.3 Å². The molecule has 0 saturated heterocycles. The third-order valence-electron chi connectivity index (χ3n) is 6.61. The van der Waals surface area contributed by atoms with E-state index in [-0.39, 0.29) is 0 Å². The Labute approximate surface area is 170 Å². The Morgan fingerprint density at radius 2 is 1.86 bits per heavy atom. The highest BCUT2D eigenvalue weighted by Crippen LogP contribution is 2.63. The van der Waals surface area contributed by atoms with Crippen LogP contribution in [0.3, 0.4) is 0 Å². The molecule has 6 heteroatoms. The number of alkyl halides is 2. The summed E-state index contributed by atoms with van der Waals surface area (Å²) in [6.45, 7) is 4.78. The van der Waals surface area contributed by atoms with Gasteiger partial charge in [-0.05, 0) is 75.0 Å². The van der Waals surface area contributed by atoms with Gasteiger partial charge in [0.05, 0.1) is 11.0 Å². The average Bonchev–Trinajstić information content (AvgIpc) is 2.65. The lowest BCUT2D eigenvalue weighted by Crippen LogP contribution is -2.60. The van der Waals surface area contributed by atoms with Crippen molar-refractivity contribution in [3.8, 4) is 5.75 Å². The molecular weight excluding hydrogens is 378 g/mol. The lowest BCUT2D eigenvalue weighted by Gasteiger charge is -2.60. The number of carbonyl (C=O) groups excluding carboxylic acids is 1. The summed E-state index contributed by atoms with van der Waals surface area (Å²) in [6.07, 6.45) is 3.46. The van der Waals surface area contributed by atoms with Gasteiger partial charge in [-0.1, -0.05) is 24.8 Å². The molecule has 29 heavy (non-hydrogen) atoms. The van der Waals surface area contributed by atoms with E-state index in [2.05, 4.69) is 6.58 Å². The van der Waals surface area contributed by atoms with Crippen LogP contribution in [0.4, 0.5) is 8.78 Å². The average molecular weight is 406 g/mol. The van der Waals surface area contributed by atoms with Crippen molar-refractivity contribution in [2.24, 2.45) is 17.3 Å². The zero-order valence-electron chi connectivity index (χ0n) is 16.7. The second-order valence-corrected chi connectivity index (χ2v) is 8.99. The number of esters is 1. The van der Waals surface area contributed by atoms with Crippen LogP contribution in [0.25, 0.3) is 6.08 Å². The van der Waals surface area contributed by atoms with Crippen LogP contribution in [0.1, 0.15) is 51.0 Å². The van der Waals surface area contributed by atoms with Crippen LogP contribution in [0.2, 0.25) is 0 Å². The van der Waals surface area contributed by atoms with Gasteiger partial charge in [-0.3, -0.25) is 4.79 Å². The lowest BCUT2D eigenvalue weighted by molar-refractivity contribution is -0.248. The molecule has 0 amide bonds. The monoisotopic (exact) mass is 406 g/mol. The molecule has 4 bridgehead atoms. The van der Waals surface area contributed by atoms with Gasteiger partial charge in [0.2, 0.25) is 0 Å². The summed E-state index contributed by atoms with van der Waals surface area (Å²) in [6, 6.07) is 7.60. The SMILES string of the molecule is C=Cc1ccc(OC(C)OC23CC4CC(C2)CC(C(=O)OCC(F)F)(C4)C3)cc1. The van der Waals surface area contributed by atoms with Gasteiger partial charge in [0.15, 0.2) is 12.9 Å². The molecule has 0 heterocycles. The van der Waals surface area contributed by atoms with Crippen LogP contribution in [-0.2, 0) is 14.3 Å². The van der Waals surface area contributed by atoms with E-state index in [0.29, 0.717) is 24.0 Å². The predicted octanol–water partition coefficient (Wildman–Crippen LogP) is 5.22. The molecule has 4 nitrogen and oxygen atoms in total. The number of rotatable bonds is 8. The molecule has 3 atom stereocenters. The Kier molecular flexibility index (Phi) is 5.40. The lowest BCUT2D eigenvalue weighted by atomic mass is 9.48. The molecule has 5 rings (SSSR count). The summed E-state index contributed by atoms with van der Waals surface area (Å²) in [5.74, 6) is 0.969. The first kappa shape index (κ1) is 20.3. The molecule has 0 N–H and O–H groups in total. The Morgan fingerprint density at radius 3 is 2.45 bits per heavy atom. The Hall–Kier alpha value is -1.95. The summed E-state index contributed by atoms with van der Waals surface area (Å²) >= 11 is 0. The van der Waals surface area contributed by atoms with Gasteiger partial charge in [0.1, 0.15) is 5.75 Å². The third-order valence-corrected chi connectivity index (χ3v) is 6.61. The molecule has 0 spiro atoms. The molecule has 158 valence electrons. The van der Waals surface area contributed by atoms with Crippen molar-refractivity contribution in [3.05, 3.63) is 36.4 Å². The zero-order valence-corrected chi connectivity index (χ0v) is 16.7. The first-order valence-electron chi connectivity index (χ1n) is 10.3. The van der Waals surface area contributed by atoms with Crippen LogP contribution < -0.4 is 4.74 Å². The third kappa shape index (κ3) is 4.18. The van der Waals surface area contributed by atoms with Crippen LogP contribution in [0.5, 0.6) is 5.75 Å². The summed E-state index contributed by atoms with van der Waals surface area (Å²) < 4.78 is 42.4. The number of hydrogen-bond donors (Lipinski definition) is 0. The minimum absolute atomic E-state index is 0.370. The normalized spacial score (nSPS) is 33.5. The van der Waals surface area contributed by atoms with Gasteiger partial charge >= 0.3 is 5.97 Å². The largest absolute Gasteiger partial charge is 0.465 e. The fourth-order valence-corrected chi connectivity index (χ4v) is 6.10. The van der Waals surface area contributed by atoms with Crippen molar-refractivity contribution in [3.63, 3.8) is 0 Å². The van der Waals surface area contributed by atoms with Gasteiger partial charge in [-0.25, -0.2) is 8.78 Å². The van der Waals surface area contributed by atoms with E-state index >= 15 is 0 Å². The van der Waals surface area contributed by atoms with Crippen LogP contribution >= 0.6 is 0 Å². The van der Waals surface area contributed by atoms with Crippen molar-refractivity contribution in [2.45, 2.75) is 63.8 Å². The maximum absolute atomic E-state index is 12.7. The second kappa shape index (κ2) is 7.71. The van der Waals surface area contributed by atoms with E-state index in [1.54, 1.807) is 6.08 Å². The van der Waals surface area contributed by atoms with Crippen molar-refractivity contribution in [1.82, 2.24) is 0 Å². The number of benzene rings is 1. The molecule has 0 aliphatic heterocycles. The van der Waals surface area contributed by atoms with Gasteiger partial charge in [-0.15, -0.1) is 0 Å². The first-order valence-corrected chi connectivity index (χ1v) is 10.3. The predicted molar refractivity (Wildman–Crippen MR) is 105 cm³/mol. The van der Waals surface area contributed by atoms with Crippen LogP contribution in [0.15, 0.2) is 30.8 Å². The molecule has 1 aromatic rings. The van der Waals surface area contributed by atoms with E-state index in [1.165, 1.54) is 0 Å². The number of hydrogen-bond acceptors (Lipinski definition) is 4. The zero-order chi connectivity index (χ0) is 20.6. The number of ether oxygens (including phenoxy) is 3. The van der Waals surface area contributed by atoms with Crippen molar-refractivity contribution in [1.29, 1.82) is 0 Å². The van der Waals surface area contributed by atoms with E-state index in [4.69, 9.17) is 14.2 Å². The Balaban J connectivity index is 1.45. The molecule has 4 aliphatic rings. The molecule has 4 aliphatic carbocycles. The second-order valence-electron chi connectivity index (χ2n) is 8.99. The van der Waals surface area contributed by atoms with Crippen molar-refractivity contribution in [2.75, 3.05) is 6.61 Å². The quantitative estimate of drug-likeness (QED) is 0.439. The molecular formula is C23H28F2O4. The minimum Gasteiger partial charge on any atom is -0.465 e. The summed E-state index contributed by atoms with van der Waals surface area (Å²) in [4.78, 5) is 12.7. The summed E-state index contributed by atoms with van der Waals surface area (Å²) in [5, 5.41) is 0. The first-order chi connectivity index (χ1) is 13.8. The Bertz CT molecular complexity index is 747. The topological polar surface area (TPSA) is 44.8 Å². The highest BCUT2D eigenvalue weighted by atomic mass is 19.3. The van der Waals surface area contributed by atoms with Gasteiger partial charge in [0, 0.05) is 0 Å². The molecule has 0 radical (unpaired) electrons. The van der Waals surface area contributed by atoms with E-state index in [1.807, 2.05) is 31.2 Å². The highest BCUT2D eigenvalue weighted by molar-refractivity contribution is 5.77. The number of carbonyl (C=O) groups is 1. The Morgan fingerprint density at radius 1 is 1.21 bits per heavy atom. The smallest absolute Gasteiger partial charge is 0.312 e. The molecule has 4 saturated carbocycles. The van der Waals surface area contributed by atoms with Gasteiger partial charge in [0.25, 0.3) is 6.43 Å². The maximum Gasteiger partial charge on any atom is 0.312 e. The minimum atomic E-state index is -2.64. The fraction of sp³-hybridized carbons (Fsp3) is 0.609. The maximum atomic E-state index is 12.7. The van der Waals surface area contributed by atoms with E-state index in [9.17, 15) is 13.6 Å². The van der Waals surface area contributed by atoms with Gasteiger partial charge in [-0.2, -0.15) is 0 Å². The fourth-order valence-electron chi connectivity index (χ4n) is 6.10. The van der Waals surface area contributed by atoms with Crippen LogP contribution in [0, 0.1) is 17.3 Å². The van der Waals surface area contributed by atoms with Crippen molar-refractivity contribution < 1.29 is 27.8 Å². The molecule has 0 aromatic heterocycles.